The smallest absolute Gasteiger partial charge is 0.174 e. The molecule has 1 aromatic carbocycles. The number of hydrogen-bond donors (Lipinski definition) is 0. The minimum Gasteiger partial charge on any atom is -0.379 e. The molecule has 0 amide bonds. The molecule has 5 nitrogen and oxygen atoms in total. The second-order valence-electron chi connectivity index (χ2n) is 6.33. The fourth-order valence-electron chi connectivity index (χ4n) is 3.14. The van der Waals surface area contributed by atoms with Crippen LogP contribution in [0, 0.1) is 0 Å². The lowest BCUT2D eigenvalue weighted by atomic mass is 10.1. The van der Waals surface area contributed by atoms with Gasteiger partial charge in [0.2, 0.25) is 0 Å². The molecule has 0 atom stereocenters. The summed E-state index contributed by atoms with van der Waals surface area (Å²) < 4.78 is 7.50. The van der Waals surface area contributed by atoms with Crippen molar-refractivity contribution in [3.8, 4) is 11.3 Å². The summed E-state index contributed by atoms with van der Waals surface area (Å²) >= 11 is 14.1. The van der Waals surface area contributed by atoms with E-state index in [9.17, 15) is 0 Å². The zero-order valence-electron chi connectivity index (χ0n) is 15.0. The maximum Gasteiger partial charge on any atom is 0.174 e. The number of hydrogen-bond acceptors (Lipinski definition) is 5. The molecule has 1 aliphatic rings. The standard InChI is InChI=1S/C19H20Cl2N4OS/c1-2-27-19-23-17(15-4-3-13(20)9-16(15)21)10-18-22-14(12-25(18)19)11-24-5-7-26-8-6-24/h3-4,9-10,12H,2,5-8,11H2,1H3. The fraction of sp³-hybridized carbons (Fsp3) is 0.368. The number of nitrogens with zero attached hydrogens (tertiary/aromatic N) is 4. The Bertz CT molecular complexity index is 956. The molecule has 1 saturated heterocycles. The Hall–Kier alpha value is -1.31. The number of halogens is 2. The molecule has 8 heteroatoms. The number of morpholine rings is 1. The van der Waals surface area contributed by atoms with E-state index >= 15 is 0 Å². The van der Waals surface area contributed by atoms with Crippen LogP contribution < -0.4 is 0 Å². The lowest BCUT2D eigenvalue weighted by Gasteiger charge is -2.25. The van der Waals surface area contributed by atoms with Crippen LogP contribution in [0.2, 0.25) is 10.0 Å². The quantitative estimate of drug-likeness (QED) is 0.442. The van der Waals surface area contributed by atoms with Gasteiger partial charge in [0, 0.05) is 42.5 Å². The van der Waals surface area contributed by atoms with Crippen LogP contribution in [-0.4, -0.2) is 51.3 Å². The van der Waals surface area contributed by atoms with Crippen LogP contribution in [0.25, 0.3) is 16.9 Å². The number of aromatic nitrogens is 3. The number of ether oxygens (including phenoxy) is 1. The van der Waals surface area contributed by atoms with E-state index in [-0.39, 0.29) is 0 Å². The molecule has 1 fully saturated rings. The van der Waals surface area contributed by atoms with E-state index in [1.165, 1.54) is 0 Å². The molecule has 4 rings (SSSR count). The van der Waals surface area contributed by atoms with Gasteiger partial charge in [0.15, 0.2) is 5.16 Å². The number of rotatable bonds is 5. The van der Waals surface area contributed by atoms with Gasteiger partial charge in [-0.15, -0.1) is 0 Å². The molecular weight excluding hydrogens is 403 g/mol. The Morgan fingerprint density at radius 3 is 2.70 bits per heavy atom. The summed E-state index contributed by atoms with van der Waals surface area (Å²) in [7, 11) is 0. The van der Waals surface area contributed by atoms with Gasteiger partial charge < -0.3 is 4.74 Å². The molecule has 0 bridgehead atoms. The van der Waals surface area contributed by atoms with Gasteiger partial charge in [0.1, 0.15) is 5.65 Å². The van der Waals surface area contributed by atoms with Crippen LogP contribution in [0.3, 0.4) is 0 Å². The minimum absolute atomic E-state index is 0.590. The van der Waals surface area contributed by atoms with Crippen molar-refractivity contribution in [2.75, 3.05) is 32.1 Å². The van der Waals surface area contributed by atoms with Gasteiger partial charge in [0.25, 0.3) is 0 Å². The van der Waals surface area contributed by atoms with E-state index in [1.807, 2.05) is 18.2 Å². The summed E-state index contributed by atoms with van der Waals surface area (Å²) in [4.78, 5) is 12.0. The van der Waals surface area contributed by atoms with Gasteiger partial charge in [-0.05, 0) is 24.0 Å². The Morgan fingerprint density at radius 2 is 1.96 bits per heavy atom. The second kappa shape index (κ2) is 8.37. The van der Waals surface area contributed by atoms with E-state index in [0.717, 1.165) is 66.4 Å². The Kier molecular flexibility index (Phi) is 5.90. The van der Waals surface area contributed by atoms with Gasteiger partial charge in [0.05, 0.1) is 29.6 Å². The van der Waals surface area contributed by atoms with Gasteiger partial charge >= 0.3 is 0 Å². The van der Waals surface area contributed by atoms with Crippen LogP contribution in [0.4, 0.5) is 0 Å². The molecule has 0 aliphatic carbocycles. The number of imidazole rings is 1. The fourth-order valence-corrected chi connectivity index (χ4v) is 4.35. The van der Waals surface area contributed by atoms with Crippen LogP contribution in [0.5, 0.6) is 0 Å². The van der Waals surface area contributed by atoms with Crippen molar-refractivity contribution < 1.29 is 4.74 Å². The Labute approximate surface area is 172 Å². The third kappa shape index (κ3) is 4.25. The maximum absolute atomic E-state index is 6.40. The zero-order valence-corrected chi connectivity index (χ0v) is 17.3. The molecule has 0 saturated carbocycles. The monoisotopic (exact) mass is 422 g/mol. The van der Waals surface area contributed by atoms with E-state index in [0.29, 0.717) is 10.0 Å². The predicted molar refractivity (Wildman–Crippen MR) is 111 cm³/mol. The van der Waals surface area contributed by atoms with Crippen LogP contribution in [-0.2, 0) is 11.3 Å². The summed E-state index contributed by atoms with van der Waals surface area (Å²) in [6.07, 6.45) is 2.09. The van der Waals surface area contributed by atoms with E-state index in [2.05, 4.69) is 22.4 Å². The van der Waals surface area contributed by atoms with Crippen molar-refractivity contribution in [1.29, 1.82) is 0 Å². The first-order valence-electron chi connectivity index (χ1n) is 8.91. The topological polar surface area (TPSA) is 42.7 Å². The minimum atomic E-state index is 0.590. The van der Waals surface area contributed by atoms with E-state index < -0.39 is 0 Å². The van der Waals surface area contributed by atoms with Gasteiger partial charge in [-0.3, -0.25) is 9.30 Å². The van der Waals surface area contributed by atoms with Crippen molar-refractivity contribution in [1.82, 2.24) is 19.3 Å². The van der Waals surface area contributed by atoms with Gasteiger partial charge in [-0.2, -0.15) is 0 Å². The molecule has 3 aromatic rings. The third-order valence-corrected chi connectivity index (χ3v) is 5.82. The molecule has 2 aromatic heterocycles. The first-order chi connectivity index (χ1) is 13.1. The summed E-state index contributed by atoms with van der Waals surface area (Å²) in [6.45, 7) is 6.38. The number of thioether (sulfide) groups is 1. The normalized spacial score (nSPS) is 15.5. The van der Waals surface area contributed by atoms with E-state index in [4.69, 9.17) is 37.9 Å². The average molecular weight is 423 g/mol. The zero-order chi connectivity index (χ0) is 18.8. The van der Waals surface area contributed by atoms with Crippen molar-refractivity contribution in [3.05, 3.63) is 46.2 Å². The summed E-state index contributed by atoms with van der Waals surface area (Å²) in [5, 5.41) is 2.12. The molecule has 0 N–H and O–H groups in total. The summed E-state index contributed by atoms with van der Waals surface area (Å²) in [5.41, 5.74) is 3.59. The van der Waals surface area contributed by atoms with Crippen LogP contribution in [0.1, 0.15) is 12.6 Å². The molecular formula is C19H20Cl2N4OS. The molecule has 0 spiro atoms. The highest BCUT2D eigenvalue weighted by Crippen LogP contribution is 2.31. The van der Waals surface area contributed by atoms with Gasteiger partial charge in [-0.1, -0.05) is 41.9 Å². The molecule has 27 heavy (non-hydrogen) atoms. The van der Waals surface area contributed by atoms with Crippen molar-refractivity contribution in [3.63, 3.8) is 0 Å². The average Bonchev–Trinajstić information content (AvgIpc) is 3.05. The molecule has 0 unspecified atom stereocenters. The van der Waals surface area contributed by atoms with Crippen molar-refractivity contribution in [2.45, 2.75) is 18.6 Å². The van der Waals surface area contributed by atoms with E-state index in [1.54, 1.807) is 17.8 Å². The van der Waals surface area contributed by atoms with Crippen molar-refractivity contribution in [2.24, 2.45) is 0 Å². The highest BCUT2D eigenvalue weighted by atomic mass is 35.5. The second-order valence-corrected chi connectivity index (χ2v) is 8.40. The first kappa shape index (κ1) is 19.0. The lowest BCUT2D eigenvalue weighted by molar-refractivity contribution is 0.0337. The SMILES string of the molecule is CCSc1nc(-c2ccc(Cl)cc2Cl)cc2nc(CN3CCOCC3)cn12. The molecule has 0 radical (unpaired) electrons. The predicted octanol–water partition coefficient (Wildman–Crippen LogP) is 4.65. The number of fused-ring (bicyclic) bond motifs is 1. The third-order valence-electron chi connectivity index (χ3n) is 4.44. The van der Waals surface area contributed by atoms with Crippen LogP contribution >= 0.6 is 35.0 Å². The Balaban J connectivity index is 1.73. The van der Waals surface area contributed by atoms with Crippen LogP contribution in [0.15, 0.2) is 35.6 Å². The largest absolute Gasteiger partial charge is 0.379 e. The maximum atomic E-state index is 6.40. The number of benzene rings is 1. The molecule has 1 aliphatic heterocycles. The summed E-state index contributed by atoms with van der Waals surface area (Å²) in [5.74, 6) is 0.927. The van der Waals surface area contributed by atoms with Crippen molar-refractivity contribution >= 4 is 40.6 Å². The summed E-state index contributed by atoms with van der Waals surface area (Å²) in [6, 6.07) is 7.46. The first-order valence-corrected chi connectivity index (χ1v) is 10.7. The Morgan fingerprint density at radius 1 is 1.15 bits per heavy atom. The highest BCUT2D eigenvalue weighted by Gasteiger charge is 2.16. The molecule has 142 valence electrons. The lowest BCUT2D eigenvalue weighted by Crippen LogP contribution is -2.35. The highest BCUT2D eigenvalue weighted by molar-refractivity contribution is 7.99. The molecule has 3 heterocycles. The van der Waals surface area contributed by atoms with Gasteiger partial charge in [-0.25, -0.2) is 9.97 Å².